The molecule has 0 aromatic rings. The number of likely N-dealkylation sites (tertiary alicyclic amines) is 1. The first-order valence-corrected chi connectivity index (χ1v) is 5.99. The van der Waals surface area contributed by atoms with Crippen LogP contribution >= 0.6 is 0 Å². The number of aliphatic hydroxyl groups excluding tert-OH is 1. The van der Waals surface area contributed by atoms with Gasteiger partial charge in [0, 0.05) is 19.0 Å². The molecule has 0 aromatic carbocycles. The molecule has 0 saturated carbocycles. The first kappa shape index (κ1) is 13.3. The van der Waals surface area contributed by atoms with E-state index in [0.29, 0.717) is 19.5 Å². The van der Waals surface area contributed by atoms with E-state index in [4.69, 9.17) is 4.74 Å². The molecule has 1 fully saturated rings. The molecule has 1 amide bonds. The minimum atomic E-state index is -0.450. The van der Waals surface area contributed by atoms with Gasteiger partial charge in [-0.25, -0.2) is 4.79 Å². The Kier molecular flexibility index (Phi) is 4.19. The second kappa shape index (κ2) is 5.04. The van der Waals surface area contributed by atoms with Crippen LogP contribution in [-0.4, -0.2) is 40.9 Å². The molecule has 94 valence electrons. The Labute approximate surface area is 97.6 Å². The van der Waals surface area contributed by atoms with Gasteiger partial charge in [0.2, 0.25) is 0 Å². The molecule has 1 unspecified atom stereocenters. The normalized spacial score (nSPS) is 26.7. The van der Waals surface area contributed by atoms with E-state index in [1.54, 1.807) is 4.90 Å². The SMILES string of the molecule is CC[C@@H]1CN(C(=O)OC(C)(C)C)CCC1O. The highest BCUT2D eigenvalue weighted by Gasteiger charge is 2.31. The van der Waals surface area contributed by atoms with Crippen molar-refractivity contribution in [3.8, 4) is 0 Å². The fourth-order valence-electron chi connectivity index (χ4n) is 1.91. The van der Waals surface area contributed by atoms with Crippen LogP contribution in [0.2, 0.25) is 0 Å². The molecule has 1 saturated heterocycles. The summed E-state index contributed by atoms with van der Waals surface area (Å²) in [6.07, 6.45) is 1.000. The largest absolute Gasteiger partial charge is 0.444 e. The van der Waals surface area contributed by atoms with Crippen molar-refractivity contribution < 1.29 is 14.6 Å². The lowest BCUT2D eigenvalue weighted by Gasteiger charge is -2.36. The lowest BCUT2D eigenvalue weighted by atomic mass is 9.93. The minimum Gasteiger partial charge on any atom is -0.444 e. The van der Waals surface area contributed by atoms with Gasteiger partial charge in [0.05, 0.1) is 6.10 Å². The molecule has 16 heavy (non-hydrogen) atoms. The number of piperidine rings is 1. The van der Waals surface area contributed by atoms with Crippen LogP contribution in [0.15, 0.2) is 0 Å². The number of hydrogen-bond acceptors (Lipinski definition) is 3. The number of aliphatic hydroxyl groups is 1. The van der Waals surface area contributed by atoms with Gasteiger partial charge in [-0.15, -0.1) is 0 Å². The number of amides is 1. The standard InChI is InChI=1S/C12H23NO3/c1-5-9-8-13(7-6-10(9)14)11(15)16-12(2,3)4/h9-10,14H,5-8H2,1-4H3/t9-,10?/m1/s1. The van der Waals surface area contributed by atoms with Gasteiger partial charge in [0.1, 0.15) is 5.60 Å². The van der Waals surface area contributed by atoms with Gasteiger partial charge in [0.15, 0.2) is 0 Å². The maximum Gasteiger partial charge on any atom is 0.410 e. The Morgan fingerprint density at radius 1 is 1.50 bits per heavy atom. The third-order valence-corrected chi connectivity index (χ3v) is 2.87. The highest BCUT2D eigenvalue weighted by molar-refractivity contribution is 5.68. The first-order chi connectivity index (χ1) is 7.33. The van der Waals surface area contributed by atoms with E-state index in [9.17, 15) is 9.90 Å². The van der Waals surface area contributed by atoms with E-state index >= 15 is 0 Å². The van der Waals surface area contributed by atoms with Gasteiger partial charge < -0.3 is 14.7 Å². The predicted molar refractivity (Wildman–Crippen MR) is 62.2 cm³/mol. The molecule has 2 atom stereocenters. The van der Waals surface area contributed by atoms with Gasteiger partial charge in [0.25, 0.3) is 0 Å². The van der Waals surface area contributed by atoms with Crippen LogP contribution in [0, 0.1) is 5.92 Å². The van der Waals surface area contributed by atoms with E-state index < -0.39 is 5.60 Å². The summed E-state index contributed by atoms with van der Waals surface area (Å²) in [7, 11) is 0. The third-order valence-electron chi connectivity index (χ3n) is 2.87. The van der Waals surface area contributed by atoms with Crippen LogP contribution in [-0.2, 0) is 4.74 Å². The Hall–Kier alpha value is -0.770. The van der Waals surface area contributed by atoms with Crippen molar-refractivity contribution in [2.24, 2.45) is 5.92 Å². The first-order valence-electron chi connectivity index (χ1n) is 5.99. The monoisotopic (exact) mass is 229 g/mol. The van der Waals surface area contributed by atoms with E-state index in [-0.39, 0.29) is 18.1 Å². The Morgan fingerprint density at radius 2 is 2.12 bits per heavy atom. The number of carbonyl (C=O) groups is 1. The zero-order valence-corrected chi connectivity index (χ0v) is 10.7. The summed E-state index contributed by atoms with van der Waals surface area (Å²) in [6.45, 7) is 8.81. The van der Waals surface area contributed by atoms with E-state index in [0.717, 1.165) is 6.42 Å². The van der Waals surface area contributed by atoms with Crippen LogP contribution in [0.3, 0.4) is 0 Å². The van der Waals surface area contributed by atoms with Crippen molar-refractivity contribution in [3.63, 3.8) is 0 Å². The lowest BCUT2D eigenvalue weighted by Crippen LogP contribution is -2.47. The number of rotatable bonds is 1. The van der Waals surface area contributed by atoms with Gasteiger partial charge in [-0.3, -0.25) is 0 Å². The molecule has 1 rings (SSSR count). The molecule has 0 bridgehead atoms. The summed E-state index contributed by atoms with van der Waals surface area (Å²) in [6, 6.07) is 0. The molecule has 4 nitrogen and oxygen atoms in total. The minimum absolute atomic E-state index is 0.182. The van der Waals surface area contributed by atoms with Crippen molar-refractivity contribution in [1.29, 1.82) is 0 Å². The Morgan fingerprint density at radius 3 is 2.62 bits per heavy atom. The summed E-state index contributed by atoms with van der Waals surface area (Å²) in [4.78, 5) is 13.5. The fourth-order valence-corrected chi connectivity index (χ4v) is 1.91. The molecule has 4 heteroatoms. The maximum atomic E-state index is 11.8. The average molecular weight is 229 g/mol. The molecule has 0 radical (unpaired) electrons. The zero-order valence-electron chi connectivity index (χ0n) is 10.7. The number of hydrogen-bond donors (Lipinski definition) is 1. The number of ether oxygens (including phenoxy) is 1. The third kappa shape index (κ3) is 3.67. The van der Waals surface area contributed by atoms with Crippen molar-refractivity contribution in [3.05, 3.63) is 0 Å². The molecule has 1 heterocycles. The van der Waals surface area contributed by atoms with Crippen LogP contribution in [0.4, 0.5) is 4.79 Å². The Balaban J connectivity index is 2.52. The van der Waals surface area contributed by atoms with Crippen molar-refractivity contribution >= 4 is 6.09 Å². The van der Waals surface area contributed by atoms with E-state index in [1.807, 2.05) is 27.7 Å². The topological polar surface area (TPSA) is 49.8 Å². The quantitative estimate of drug-likeness (QED) is 0.748. The smallest absolute Gasteiger partial charge is 0.410 e. The van der Waals surface area contributed by atoms with Gasteiger partial charge in [-0.05, 0) is 33.6 Å². The molecular weight excluding hydrogens is 206 g/mol. The molecule has 0 aromatic heterocycles. The van der Waals surface area contributed by atoms with E-state index in [2.05, 4.69) is 0 Å². The summed E-state index contributed by atoms with van der Waals surface area (Å²) in [5.41, 5.74) is -0.450. The highest BCUT2D eigenvalue weighted by Crippen LogP contribution is 2.21. The summed E-state index contributed by atoms with van der Waals surface area (Å²) in [5, 5.41) is 9.72. The zero-order chi connectivity index (χ0) is 12.3. The molecule has 1 aliphatic heterocycles. The second-order valence-electron chi connectivity index (χ2n) is 5.45. The average Bonchev–Trinajstić information content (AvgIpc) is 2.15. The Bertz CT molecular complexity index is 247. The number of nitrogens with zero attached hydrogens (tertiary/aromatic N) is 1. The fraction of sp³-hybridized carbons (Fsp3) is 0.917. The van der Waals surface area contributed by atoms with E-state index in [1.165, 1.54) is 0 Å². The maximum absolute atomic E-state index is 11.8. The predicted octanol–water partition coefficient (Wildman–Crippen LogP) is 2.01. The van der Waals surface area contributed by atoms with Gasteiger partial charge in [-0.1, -0.05) is 6.92 Å². The van der Waals surface area contributed by atoms with Crippen LogP contribution in [0.25, 0.3) is 0 Å². The summed E-state index contributed by atoms with van der Waals surface area (Å²) in [5.74, 6) is 0.182. The van der Waals surface area contributed by atoms with Gasteiger partial charge in [-0.2, -0.15) is 0 Å². The summed E-state index contributed by atoms with van der Waals surface area (Å²) >= 11 is 0. The molecule has 0 aliphatic carbocycles. The van der Waals surface area contributed by atoms with Crippen molar-refractivity contribution in [1.82, 2.24) is 4.90 Å². The molecular formula is C12H23NO3. The van der Waals surface area contributed by atoms with Crippen molar-refractivity contribution in [2.45, 2.75) is 52.2 Å². The van der Waals surface area contributed by atoms with Crippen LogP contribution in [0.5, 0.6) is 0 Å². The van der Waals surface area contributed by atoms with Crippen molar-refractivity contribution in [2.75, 3.05) is 13.1 Å². The lowest BCUT2D eigenvalue weighted by molar-refractivity contribution is -0.00896. The van der Waals surface area contributed by atoms with Gasteiger partial charge >= 0.3 is 6.09 Å². The molecule has 0 spiro atoms. The highest BCUT2D eigenvalue weighted by atomic mass is 16.6. The molecule has 1 aliphatic rings. The van der Waals surface area contributed by atoms with Crippen LogP contribution in [0.1, 0.15) is 40.5 Å². The number of carbonyl (C=O) groups excluding carboxylic acids is 1. The molecule has 1 N–H and O–H groups in total. The second-order valence-corrected chi connectivity index (χ2v) is 5.45. The van der Waals surface area contributed by atoms with Crippen LogP contribution < -0.4 is 0 Å². The summed E-state index contributed by atoms with van der Waals surface area (Å²) < 4.78 is 5.31.